The third-order valence-electron chi connectivity index (χ3n) is 3.80. The predicted octanol–water partition coefficient (Wildman–Crippen LogP) is 1.45. The Morgan fingerprint density at radius 1 is 1.27 bits per heavy atom. The van der Waals surface area contributed by atoms with Gasteiger partial charge >= 0.3 is 14.8 Å². The van der Waals surface area contributed by atoms with Gasteiger partial charge in [-0.2, -0.15) is 0 Å². The lowest BCUT2D eigenvalue weighted by Crippen LogP contribution is -2.54. The van der Waals surface area contributed by atoms with Gasteiger partial charge in [0.2, 0.25) is 0 Å². The van der Waals surface area contributed by atoms with Crippen LogP contribution >= 0.6 is 0 Å². The molecule has 0 spiro atoms. The number of hydrogen-bond acceptors (Lipinski definition) is 6. The Labute approximate surface area is 133 Å². The van der Waals surface area contributed by atoms with Crippen molar-refractivity contribution in [1.29, 1.82) is 0 Å². The highest BCUT2D eigenvalue weighted by Gasteiger charge is 2.48. The van der Waals surface area contributed by atoms with Gasteiger partial charge in [0.25, 0.3) is 0 Å². The molecule has 8 heteroatoms. The highest BCUT2D eigenvalue weighted by atomic mass is 28.4. The number of carboxylic acids is 1. The minimum Gasteiger partial charge on any atom is -0.480 e. The van der Waals surface area contributed by atoms with Gasteiger partial charge in [0.15, 0.2) is 0 Å². The molecule has 0 aromatic carbocycles. The van der Waals surface area contributed by atoms with Gasteiger partial charge in [-0.3, -0.25) is 10.1 Å². The smallest absolute Gasteiger partial charge is 0.480 e. The van der Waals surface area contributed by atoms with E-state index in [0.29, 0.717) is 12.7 Å². The van der Waals surface area contributed by atoms with E-state index >= 15 is 0 Å². The zero-order chi connectivity index (χ0) is 17.4. The molecule has 0 amide bonds. The molecule has 22 heavy (non-hydrogen) atoms. The molecule has 0 radical (unpaired) electrons. The van der Waals surface area contributed by atoms with E-state index in [1.54, 1.807) is 21.3 Å². The highest BCUT2D eigenvalue weighted by molar-refractivity contribution is 6.62. The van der Waals surface area contributed by atoms with Gasteiger partial charge < -0.3 is 23.2 Å². The number of nitrogens with one attached hydrogen (secondary N) is 1. The van der Waals surface area contributed by atoms with Crippen molar-refractivity contribution in [2.75, 3.05) is 21.3 Å². The largest absolute Gasteiger partial charge is 0.503 e. The summed E-state index contributed by atoms with van der Waals surface area (Å²) in [7, 11) is 1.88. The first kappa shape index (κ1) is 21.2. The van der Waals surface area contributed by atoms with E-state index in [0.717, 1.165) is 6.42 Å². The first-order valence-corrected chi connectivity index (χ1v) is 9.11. The Morgan fingerprint density at radius 3 is 2.09 bits per heavy atom. The van der Waals surface area contributed by atoms with Gasteiger partial charge in [-0.1, -0.05) is 6.92 Å². The van der Waals surface area contributed by atoms with Crippen LogP contribution in [-0.2, 0) is 22.9 Å². The van der Waals surface area contributed by atoms with Crippen LogP contribution in [0.3, 0.4) is 0 Å². The summed E-state index contributed by atoms with van der Waals surface area (Å²) < 4.78 is 16.6. The number of carboxylic acid groups (broad SMARTS) is 1. The Hall–Kier alpha value is -0.803. The first-order chi connectivity index (χ1) is 10.2. The third kappa shape index (κ3) is 5.77. The second-order valence-electron chi connectivity index (χ2n) is 5.85. The van der Waals surface area contributed by atoms with Crippen molar-refractivity contribution in [2.24, 2.45) is 0 Å². The van der Waals surface area contributed by atoms with Crippen molar-refractivity contribution in [3.63, 3.8) is 0 Å². The SMILES string of the molecule is CCC(CC(C)(C)NC(CC=O)C(=O)O)[Si](OC)(OC)OC. The van der Waals surface area contributed by atoms with Crippen molar-refractivity contribution >= 4 is 21.1 Å². The molecule has 0 saturated carbocycles. The number of hydrogen-bond donors (Lipinski definition) is 2. The molecule has 0 aromatic heterocycles. The highest BCUT2D eigenvalue weighted by Crippen LogP contribution is 2.35. The molecule has 0 aliphatic rings. The minimum absolute atomic E-state index is 0.0145. The molecule has 2 atom stereocenters. The van der Waals surface area contributed by atoms with Crippen molar-refractivity contribution < 1.29 is 28.0 Å². The molecule has 0 rings (SSSR count). The van der Waals surface area contributed by atoms with Crippen LogP contribution in [-0.4, -0.2) is 59.1 Å². The monoisotopic (exact) mass is 335 g/mol. The van der Waals surface area contributed by atoms with E-state index in [4.69, 9.17) is 13.3 Å². The van der Waals surface area contributed by atoms with Crippen LogP contribution in [0, 0.1) is 0 Å². The number of carbonyl (C=O) groups excluding carboxylic acids is 1. The second-order valence-corrected chi connectivity index (χ2v) is 9.09. The molecular weight excluding hydrogens is 306 g/mol. The van der Waals surface area contributed by atoms with Gasteiger partial charge in [-0.25, -0.2) is 0 Å². The predicted molar refractivity (Wildman–Crippen MR) is 84.8 cm³/mol. The number of aldehydes is 1. The molecule has 130 valence electrons. The van der Waals surface area contributed by atoms with E-state index in [2.05, 4.69) is 5.32 Å². The summed E-state index contributed by atoms with van der Waals surface area (Å²) in [5.74, 6) is -1.04. The fourth-order valence-electron chi connectivity index (χ4n) is 2.73. The molecule has 0 aromatic rings. The zero-order valence-corrected chi connectivity index (χ0v) is 15.3. The quantitative estimate of drug-likeness (QED) is 0.412. The fourth-order valence-corrected chi connectivity index (χ4v) is 5.49. The maximum Gasteiger partial charge on any atom is 0.503 e. The van der Waals surface area contributed by atoms with Gasteiger partial charge in [0.1, 0.15) is 12.3 Å². The summed E-state index contributed by atoms with van der Waals surface area (Å²) >= 11 is 0. The zero-order valence-electron chi connectivity index (χ0n) is 14.3. The average Bonchev–Trinajstić information content (AvgIpc) is 2.47. The summed E-state index contributed by atoms with van der Waals surface area (Å²) in [6, 6.07) is -0.909. The summed E-state index contributed by atoms with van der Waals surface area (Å²) in [5, 5.41) is 12.2. The van der Waals surface area contributed by atoms with Crippen molar-refractivity contribution in [3.05, 3.63) is 0 Å². The second kappa shape index (κ2) is 9.36. The first-order valence-electron chi connectivity index (χ1n) is 7.31. The molecular formula is C14H29NO6Si. The summed E-state index contributed by atoms with van der Waals surface area (Å²) in [4.78, 5) is 21.8. The minimum atomic E-state index is -2.81. The van der Waals surface area contributed by atoms with Crippen LogP contribution in [0.2, 0.25) is 5.54 Å². The van der Waals surface area contributed by atoms with Crippen LogP contribution in [0.4, 0.5) is 0 Å². The number of aliphatic carboxylic acids is 1. The van der Waals surface area contributed by atoms with Crippen LogP contribution in [0.15, 0.2) is 0 Å². The maximum atomic E-state index is 11.2. The van der Waals surface area contributed by atoms with Crippen LogP contribution in [0.25, 0.3) is 0 Å². The van der Waals surface area contributed by atoms with Crippen molar-refractivity contribution in [1.82, 2.24) is 5.32 Å². The van der Waals surface area contributed by atoms with E-state index in [9.17, 15) is 14.7 Å². The molecule has 7 nitrogen and oxygen atoms in total. The van der Waals surface area contributed by atoms with Crippen molar-refractivity contribution in [3.8, 4) is 0 Å². The molecule has 0 aliphatic carbocycles. The lowest BCUT2D eigenvalue weighted by Gasteiger charge is -2.38. The summed E-state index contributed by atoms with van der Waals surface area (Å²) in [6.07, 6.45) is 1.92. The van der Waals surface area contributed by atoms with E-state index in [1.807, 2.05) is 20.8 Å². The van der Waals surface area contributed by atoms with Gasteiger partial charge in [-0.15, -0.1) is 0 Å². The number of carbonyl (C=O) groups is 2. The van der Waals surface area contributed by atoms with Crippen LogP contribution in [0.1, 0.15) is 40.0 Å². The fraction of sp³-hybridized carbons (Fsp3) is 0.857. The number of rotatable bonds is 12. The Bertz CT molecular complexity index is 351. The Morgan fingerprint density at radius 2 is 1.77 bits per heavy atom. The van der Waals surface area contributed by atoms with Gasteiger partial charge in [-0.05, 0) is 26.7 Å². The summed E-state index contributed by atoms with van der Waals surface area (Å²) in [6.45, 7) is 5.81. The molecule has 2 N–H and O–H groups in total. The molecule has 0 heterocycles. The molecule has 0 fully saturated rings. The molecule has 0 bridgehead atoms. The normalized spacial score (nSPS) is 15.4. The standard InChI is InChI=1S/C14H29NO6Si/c1-7-11(22(19-4,20-5)21-6)10-14(2,3)15-12(8-9-16)13(17)18/h9,11-12,15H,7-8,10H2,1-6H3,(H,17,18). The van der Waals surface area contributed by atoms with Crippen molar-refractivity contribution in [2.45, 2.75) is 57.2 Å². The average molecular weight is 335 g/mol. The lowest BCUT2D eigenvalue weighted by molar-refractivity contribution is -0.141. The van der Waals surface area contributed by atoms with Crippen LogP contribution < -0.4 is 5.32 Å². The molecule has 2 unspecified atom stereocenters. The van der Waals surface area contributed by atoms with E-state index in [-0.39, 0.29) is 12.0 Å². The topological polar surface area (TPSA) is 94.1 Å². The van der Waals surface area contributed by atoms with E-state index < -0.39 is 26.4 Å². The lowest BCUT2D eigenvalue weighted by atomic mass is 9.95. The summed E-state index contributed by atoms with van der Waals surface area (Å²) in [5.41, 5.74) is -0.499. The third-order valence-corrected chi connectivity index (χ3v) is 7.12. The molecule has 0 aliphatic heterocycles. The van der Waals surface area contributed by atoms with Crippen LogP contribution in [0.5, 0.6) is 0 Å². The molecule has 0 saturated heterocycles. The van der Waals surface area contributed by atoms with Gasteiger partial charge in [0, 0.05) is 38.8 Å². The van der Waals surface area contributed by atoms with Gasteiger partial charge in [0.05, 0.1) is 0 Å². The maximum absolute atomic E-state index is 11.2. The Balaban J connectivity index is 5.11. The Kier molecular flexibility index (Phi) is 9.02. The van der Waals surface area contributed by atoms with E-state index in [1.165, 1.54) is 0 Å².